The molecule has 0 fully saturated rings. The molecule has 0 unspecified atom stereocenters. The van der Waals surface area contributed by atoms with Gasteiger partial charge in [-0.3, -0.25) is 0 Å². The summed E-state index contributed by atoms with van der Waals surface area (Å²) >= 11 is 0. The van der Waals surface area contributed by atoms with Crippen LogP contribution in [0.25, 0.3) is 0 Å². The number of benzene rings is 1. The van der Waals surface area contributed by atoms with Gasteiger partial charge in [0.1, 0.15) is 0 Å². The molecule has 0 radical (unpaired) electrons. The first-order valence-corrected chi connectivity index (χ1v) is 6.63. The summed E-state index contributed by atoms with van der Waals surface area (Å²) in [6.07, 6.45) is 8.00. The molecule has 1 aliphatic carbocycles. The largest absolute Gasteiger partial charge is 0.115 e. The van der Waals surface area contributed by atoms with E-state index in [1.54, 1.807) is 0 Å². The van der Waals surface area contributed by atoms with Gasteiger partial charge in [0.15, 0.2) is 0 Å². The molecule has 0 saturated carbocycles. The smallest absolute Gasteiger partial charge is 0.0277 e. The Labute approximate surface area is 105 Å². The highest BCUT2D eigenvalue weighted by Crippen LogP contribution is 2.49. The number of rotatable bonds is 2. The molecule has 0 spiro atoms. The minimum atomic E-state index is 0.322. The van der Waals surface area contributed by atoms with Gasteiger partial charge in [0.05, 0.1) is 0 Å². The summed E-state index contributed by atoms with van der Waals surface area (Å²) in [7, 11) is 0. The standard InChI is InChI=1S/C17H22/c1-6-14-8-7-9-16-15(14)10-11-17(16,12(2)3)13(4)5/h1,7-9,12-13H,10-11H2,2-5H3. The predicted octanol–water partition coefficient (Wildman–Crippen LogP) is 4.16. The summed E-state index contributed by atoms with van der Waals surface area (Å²) in [5, 5.41) is 0. The van der Waals surface area contributed by atoms with E-state index >= 15 is 0 Å². The van der Waals surface area contributed by atoms with E-state index in [0.29, 0.717) is 17.3 Å². The predicted molar refractivity (Wildman–Crippen MR) is 74.1 cm³/mol. The second-order valence-corrected chi connectivity index (χ2v) is 5.83. The first kappa shape index (κ1) is 12.2. The summed E-state index contributed by atoms with van der Waals surface area (Å²) in [6.45, 7) is 9.38. The Morgan fingerprint density at radius 2 is 1.82 bits per heavy atom. The molecule has 0 heteroatoms. The van der Waals surface area contributed by atoms with Crippen LogP contribution < -0.4 is 0 Å². The number of hydrogen-bond donors (Lipinski definition) is 0. The van der Waals surface area contributed by atoms with E-state index in [1.165, 1.54) is 17.5 Å². The monoisotopic (exact) mass is 226 g/mol. The van der Waals surface area contributed by atoms with Crippen molar-refractivity contribution in [3.05, 3.63) is 34.9 Å². The lowest BCUT2D eigenvalue weighted by Gasteiger charge is -2.39. The van der Waals surface area contributed by atoms with Crippen LogP contribution >= 0.6 is 0 Å². The van der Waals surface area contributed by atoms with Crippen LogP contribution in [0, 0.1) is 24.2 Å². The van der Waals surface area contributed by atoms with Crippen LogP contribution in [0.2, 0.25) is 0 Å². The van der Waals surface area contributed by atoms with Crippen LogP contribution in [-0.2, 0) is 11.8 Å². The van der Waals surface area contributed by atoms with E-state index in [0.717, 1.165) is 12.0 Å². The number of fused-ring (bicyclic) bond motifs is 1. The molecule has 1 aromatic rings. The average molecular weight is 226 g/mol. The van der Waals surface area contributed by atoms with Crippen LogP contribution in [0.3, 0.4) is 0 Å². The maximum Gasteiger partial charge on any atom is 0.0277 e. The Kier molecular flexibility index (Phi) is 3.04. The fraction of sp³-hybridized carbons (Fsp3) is 0.529. The van der Waals surface area contributed by atoms with Gasteiger partial charge in [-0.05, 0) is 41.9 Å². The van der Waals surface area contributed by atoms with E-state index in [-0.39, 0.29) is 0 Å². The molecule has 1 aliphatic rings. The van der Waals surface area contributed by atoms with E-state index < -0.39 is 0 Å². The molecular weight excluding hydrogens is 204 g/mol. The molecule has 0 nitrogen and oxygen atoms in total. The van der Waals surface area contributed by atoms with Gasteiger partial charge in [-0.25, -0.2) is 0 Å². The lowest BCUT2D eigenvalue weighted by molar-refractivity contribution is 0.218. The summed E-state index contributed by atoms with van der Waals surface area (Å²) in [4.78, 5) is 0. The van der Waals surface area contributed by atoms with E-state index in [2.05, 4.69) is 51.8 Å². The topological polar surface area (TPSA) is 0 Å². The Hall–Kier alpha value is -1.22. The molecule has 0 N–H and O–H groups in total. The molecule has 0 heterocycles. The molecule has 0 atom stereocenters. The van der Waals surface area contributed by atoms with Gasteiger partial charge in [-0.2, -0.15) is 0 Å². The quantitative estimate of drug-likeness (QED) is 0.664. The van der Waals surface area contributed by atoms with Gasteiger partial charge in [0, 0.05) is 11.0 Å². The molecule has 1 aromatic carbocycles. The normalized spacial score (nSPS) is 17.2. The van der Waals surface area contributed by atoms with Gasteiger partial charge >= 0.3 is 0 Å². The molecule has 0 saturated heterocycles. The zero-order chi connectivity index (χ0) is 12.6. The molecule has 0 amide bonds. The third kappa shape index (κ3) is 1.61. The van der Waals surface area contributed by atoms with Crippen molar-refractivity contribution in [2.24, 2.45) is 11.8 Å². The third-order valence-corrected chi connectivity index (χ3v) is 4.68. The maximum absolute atomic E-state index is 5.61. The fourth-order valence-electron chi connectivity index (χ4n) is 3.76. The van der Waals surface area contributed by atoms with Gasteiger partial charge in [-0.15, -0.1) is 6.42 Å². The summed E-state index contributed by atoms with van der Waals surface area (Å²) in [5.41, 5.74) is 4.36. The summed E-state index contributed by atoms with van der Waals surface area (Å²) in [6, 6.07) is 6.50. The Balaban J connectivity index is 2.64. The highest BCUT2D eigenvalue weighted by atomic mass is 14.5. The van der Waals surface area contributed by atoms with Gasteiger partial charge in [0.25, 0.3) is 0 Å². The highest BCUT2D eigenvalue weighted by molar-refractivity contribution is 5.51. The van der Waals surface area contributed by atoms with Crippen molar-refractivity contribution in [3.63, 3.8) is 0 Å². The second-order valence-electron chi connectivity index (χ2n) is 5.83. The van der Waals surface area contributed by atoms with Gasteiger partial charge in [0.2, 0.25) is 0 Å². The van der Waals surface area contributed by atoms with E-state index in [1.807, 2.05) is 0 Å². The summed E-state index contributed by atoms with van der Waals surface area (Å²) in [5.74, 6) is 4.17. The molecule has 2 rings (SSSR count). The third-order valence-electron chi connectivity index (χ3n) is 4.68. The first-order valence-electron chi connectivity index (χ1n) is 6.63. The van der Waals surface area contributed by atoms with Crippen molar-refractivity contribution in [2.45, 2.75) is 46.0 Å². The zero-order valence-electron chi connectivity index (χ0n) is 11.4. The minimum Gasteiger partial charge on any atom is -0.115 e. The fourth-order valence-corrected chi connectivity index (χ4v) is 3.76. The SMILES string of the molecule is C#Cc1cccc2c1CCC2(C(C)C)C(C)C. The number of hydrogen-bond acceptors (Lipinski definition) is 0. The summed E-state index contributed by atoms with van der Waals surface area (Å²) < 4.78 is 0. The highest BCUT2D eigenvalue weighted by Gasteiger charge is 2.44. The molecule has 0 aromatic heterocycles. The lowest BCUT2D eigenvalue weighted by Crippen LogP contribution is -2.35. The van der Waals surface area contributed by atoms with Crippen molar-refractivity contribution >= 4 is 0 Å². The maximum atomic E-state index is 5.61. The van der Waals surface area contributed by atoms with Crippen LogP contribution in [0.15, 0.2) is 18.2 Å². The zero-order valence-corrected chi connectivity index (χ0v) is 11.4. The van der Waals surface area contributed by atoms with Crippen molar-refractivity contribution in [3.8, 4) is 12.3 Å². The van der Waals surface area contributed by atoms with Crippen LogP contribution in [0.1, 0.15) is 50.8 Å². The Bertz CT molecular complexity index is 449. The molecule has 0 aliphatic heterocycles. The van der Waals surface area contributed by atoms with E-state index in [9.17, 15) is 0 Å². The van der Waals surface area contributed by atoms with Crippen molar-refractivity contribution in [2.75, 3.05) is 0 Å². The molecule has 0 bridgehead atoms. The minimum absolute atomic E-state index is 0.322. The average Bonchev–Trinajstić information content (AvgIpc) is 2.69. The molecule has 17 heavy (non-hydrogen) atoms. The Morgan fingerprint density at radius 3 is 2.35 bits per heavy atom. The van der Waals surface area contributed by atoms with Gasteiger partial charge in [-0.1, -0.05) is 45.7 Å². The molecule has 90 valence electrons. The Morgan fingerprint density at radius 1 is 1.18 bits per heavy atom. The number of terminal acetylenes is 1. The van der Waals surface area contributed by atoms with Crippen LogP contribution in [0.5, 0.6) is 0 Å². The first-order chi connectivity index (χ1) is 8.04. The van der Waals surface area contributed by atoms with Gasteiger partial charge < -0.3 is 0 Å². The van der Waals surface area contributed by atoms with Crippen molar-refractivity contribution in [1.29, 1.82) is 0 Å². The molecular formula is C17H22. The van der Waals surface area contributed by atoms with Crippen molar-refractivity contribution < 1.29 is 0 Å². The van der Waals surface area contributed by atoms with Crippen molar-refractivity contribution in [1.82, 2.24) is 0 Å². The lowest BCUT2D eigenvalue weighted by atomic mass is 9.65. The second kappa shape index (κ2) is 4.22. The van der Waals surface area contributed by atoms with Crippen LogP contribution in [-0.4, -0.2) is 0 Å². The van der Waals surface area contributed by atoms with Crippen LogP contribution in [0.4, 0.5) is 0 Å². The van der Waals surface area contributed by atoms with E-state index in [4.69, 9.17) is 6.42 Å².